The summed E-state index contributed by atoms with van der Waals surface area (Å²) in [6.45, 7) is 3.06. The molecule has 1 nitrogen and oxygen atoms in total. The van der Waals surface area contributed by atoms with Crippen molar-refractivity contribution in [2.75, 3.05) is 12.3 Å². The fourth-order valence-electron chi connectivity index (χ4n) is 1.63. The van der Waals surface area contributed by atoms with Crippen LogP contribution in [0, 0.1) is 11.6 Å². The summed E-state index contributed by atoms with van der Waals surface area (Å²) in [5, 5.41) is 3.91. The second-order valence-corrected chi connectivity index (χ2v) is 5.25. The third-order valence-electron chi connectivity index (χ3n) is 2.55. The van der Waals surface area contributed by atoms with E-state index in [1.165, 1.54) is 12.1 Å². The van der Waals surface area contributed by atoms with E-state index in [1.807, 2.05) is 11.8 Å². The molecule has 1 aliphatic heterocycles. The van der Waals surface area contributed by atoms with Crippen LogP contribution in [0.4, 0.5) is 8.78 Å². The smallest absolute Gasteiger partial charge is 0.159 e. The summed E-state index contributed by atoms with van der Waals surface area (Å²) in [6, 6.07) is 4.26. The third kappa shape index (κ3) is 2.49. The molecule has 1 N–H and O–H groups in total. The highest BCUT2D eigenvalue weighted by Crippen LogP contribution is 2.26. The third-order valence-corrected chi connectivity index (χ3v) is 3.81. The molecular formula is C11H13F2NS. The fourth-order valence-corrected chi connectivity index (χ4v) is 2.68. The van der Waals surface area contributed by atoms with Crippen LogP contribution >= 0.6 is 11.8 Å². The van der Waals surface area contributed by atoms with Crippen molar-refractivity contribution in [2.24, 2.45) is 0 Å². The molecule has 1 aromatic carbocycles. The van der Waals surface area contributed by atoms with Gasteiger partial charge >= 0.3 is 0 Å². The van der Waals surface area contributed by atoms with Crippen molar-refractivity contribution in [1.29, 1.82) is 0 Å². The number of thioether (sulfide) groups is 1. The summed E-state index contributed by atoms with van der Waals surface area (Å²) in [5.74, 6) is -0.639. The Bertz CT molecular complexity index is 348. The zero-order valence-corrected chi connectivity index (χ0v) is 9.28. The van der Waals surface area contributed by atoms with E-state index in [-0.39, 0.29) is 6.04 Å². The lowest BCUT2D eigenvalue weighted by atomic mass is 10.1. The Balaban J connectivity index is 2.12. The second kappa shape index (κ2) is 4.49. The van der Waals surface area contributed by atoms with Crippen molar-refractivity contribution < 1.29 is 8.78 Å². The molecule has 0 radical (unpaired) electrons. The normalized spacial score (nSPS) is 26.6. The molecule has 1 saturated heterocycles. The lowest BCUT2D eigenvalue weighted by Crippen LogP contribution is -2.34. The standard InChI is InChI=1S/C11H13F2NS/c1-7-5-14-11(6-15-7)8-2-3-9(12)10(13)4-8/h2-4,7,11,14H,5-6H2,1H3. The molecule has 0 amide bonds. The summed E-state index contributed by atoms with van der Waals surface area (Å²) in [7, 11) is 0. The maximum Gasteiger partial charge on any atom is 0.159 e. The molecule has 0 bridgehead atoms. The quantitative estimate of drug-likeness (QED) is 0.794. The number of hydrogen-bond donors (Lipinski definition) is 1. The zero-order chi connectivity index (χ0) is 10.8. The van der Waals surface area contributed by atoms with Gasteiger partial charge in [0.05, 0.1) is 0 Å². The Morgan fingerprint density at radius 2 is 2.13 bits per heavy atom. The topological polar surface area (TPSA) is 12.0 Å². The fraction of sp³-hybridized carbons (Fsp3) is 0.455. The molecule has 1 aliphatic rings. The van der Waals surface area contributed by atoms with Crippen molar-refractivity contribution in [3.8, 4) is 0 Å². The van der Waals surface area contributed by atoms with Crippen molar-refractivity contribution in [2.45, 2.75) is 18.2 Å². The van der Waals surface area contributed by atoms with E-state index in [1.54, 1.807) is 6.07 Å². The monoisotopic (exact) mass is 229 g/mol. The summed E-state index contributed by atoms with van der Waals surface area (Å²) < 4.78 is 25.7. The van der Waals surface area contributed by atoms with Crippen LogP contribution in [0.3, 0.4) is 0 Å². The minimum Gasteiger partial charge on any atom is -0.308 e. The highest BCUT2D eigenvalue weighted by molar-refractivity contribution is 8.00. The van der Waals surface area contributed by atoms with Gasteiger partial charge in [-0.2, -0.15) is 11.8 Å². The maximum absolute atomic E-state index is 13.0. The second-order valence-electron chi connectivity index (χ2n) is 3.78. The molecule has 2 atom stereocenters. The van der Waals surface area contributed by atoms with Gasteiger partial charge in [-0.05, 0) is 17.7 Å². The van der Waals surface area contributed by atoms with Crippen molar-refractivity contribution in [3.05, 3.63) is 35.4 Å². The molecule has 0 spiro atoms. The average Bonchev–Trinajstić information content (AvgIpc) is 2.23. The highest BCUT2D eigenvalue weighted by Gasteiger charge is 2.20. The average molecular weight is 229 g/mol. The maximum atomic E-state index is 13.0. The van der Waals surface area contributed by atoms with E-state index in [2.05, 4.69) is 12.2 Å². The minimum atomic E-state index is -0.782. The summed E-state index contributed by atoms with van der Waals surface area (Å²) in [4.78, 5) is 0. The van der Waals surface area contributed by atoms with Crippen molar-refractivity contribution >= 4 is 11.8 Å². The molecule has 15 heavy (non-hydrogen) atoms. The first-order chi connectivity index (χ1) is 7.16. The Hall–Kier alpha value is -0.610. The predicted molar refractivity (Wildman–Crippen MR) is 59.0 cm³/mol. The lowest BCUT2D eigenvalue weighted by molar-refractivity contribution is 0.500. The zero-order valence-electron chi connectivity index (χ0n) is 8.47. The van der Waals surface area contributed by atoms with Crippen LogP contribution in [0.2, 0.25) is 0 Å². The Morgan fingerprint density at radius 3 is 2.73 bits per heavy atom. The van der Waals surface area contributed by atoms with Gasteiger partial charge in [0.15, 0.2) is 11.6 Å². The van der Waals surface area contributed by atoms with Gasteiger partial charge in [0.1, 0.15) is 0 Å². The molecule has 0 aliphatic carbocycles. The Morgan fingerprint density at radius 1 is 1.33 bits per heavy atom. The number of benzene rings is 1. The van der Waals surface area contributed by atoms with Crippen LogP contribution in [0.1, 0.15) is 18.5 Å². The van der Waals surface area contributed by atoms with Gasteiger partial charge in [-0.3, -0.25) is 0 Å². The molecule has 0 saturated carbocycles. The van der Waals surface area contributed by atoms with E-state index in [9.17, 15) is 8.78 Å². The molecule has 1 heterocycles. The number of halogens is 2. The molecule has 2 rings (SSSR count). The van der Waals surface area contributed by atoms with Crippen LogP contribution in [0.5, 0.6) is 0 Å². The van der Waals surface area contributed by atoms with Gasteiger partial charge in [0.2, 0.25) is 0 Å². The highest BCUT2D eigenvalue weighted by atomic mass is 32.2. The predicted octanol–water partition coefficient (Wildman–Crippen LogP) is 2.73. The van der Waals surface area contributed by atoms with Gasteiger partial charge in [-0.1, -0.05) is 13.0 Å². The van der Waals surface area contributed by atoms with E-state index in [0.717, 1.165) is 17.9 Å². The van der Waals surface area contributed by atoms with Crippen molar-refractivity contribution in [3.63, 3.8) is 0 Å². The SMILES string of the molecule is CC1CNC(c2ccc(F)c(F)c2)CS1. The Kier molecular flexibility index (Phi) is 3.26. The molecular weight excluding hydrogens is 216 g/mol. The van der Waals surface area contributed by atoms with Crippen molar-refractivity contribution in [1.82, 2.24) is 5.32 Å². The Labute approximate surface area is 92.3 Å². The summed E-state index contributed by atoms with van der Waals surface area (Å²) >= 11 is 1.85. The molecule has 1 fully saturated rings. The van der Waals surface area contributed by atoms with E-state index in [0.29, 0.717) is 5.25 Å². The number of hydrogen-bond acceptors (Lipinski definition) is 2. The largest absolute Gasteiger partial charge is 0.308 e. The van der Waals surface area contributed by atoms with Gasteiger partial charge in [0.25, 0.3) is 0 Å². The minimum absolute atomic E-state index is 0.140. The van der Waals surface area contributed by atoms with Gasteiger partial charge in [0, 0.05) is 23.6 Å². The van der Waals surface area contributed by atoms with E-state index >= 15 is 0 Å². The lowest BCUT2D eigenvalue weighted by Gasteiger charge is -2.27. The first-order valence-electron chi connectivity index (χ1n) is 4.97. The van der Waals surface area contributed by atoms with Crippen LogP contribution in [0.25, 0.3) is 0 Å². The number of rotatable bonds is 1. The van der Waals surface area contributed by atoms with Crippen LogP contribution in [0.15, 0.2) is 18.2 Å². The van der Waals surface area contributed by atoms with E-state index < -0.39 is 11.6 Å². The van der Waals surface area contributed by atoms with Crippen LogP contribution in [-0.4, -0.2) is 17.5 Å². The molecule has 0 aromatic heterocycles. The van der Waals surface area contributed by atoms with Gasteiger partial charge in [-0.25, -0.2) is 8.78 Å². The molecule has 2 unspecified atom stereocenters. The number of nitrogens with one attached hydrogen (secondary N) is 1. The molecule has 82 valence electrons. The molecule has 1 aromatic rings. The van der Waals surface area contributed by atoms with Crippen LogP contribution < -0.4 is 5.32 Å². The van der Waals surface area contributed by atoms with Gasteiger partial charge in [-0.15, -0.1) is 0 Å². The van der Waals surface area contributed by atoms with Gasteiger partial charge < -0.3 is 5.32 Å². The first-order valence-corrected chi connectivity index (χ1v) is 6.01. The summed E-state index contributed by atoms with van der Waals surface area (Å²) in [6.07, 6.45) is 0. The first kappa shape index (κ1) is 10.9. The van der Waals surface area contributed by atoms with Crippen LogP contribution in [-0.2, 0) is 0 Å². The molecule has 4 heteroatoms. The summed E-state index contributed by atoms with van der Waals surface area (Å²) in [5.41, 5.74) is 0.827. The van der Waals surface area contributed by atoms with E-state index in [4.69, 9.17) is 0 Å².